The van der Waals surface area contributed by atoms with Crippen molar-refractivity contribution in [1.82, 2.24) is 0 Å². The summed E-state index contributed by atoms with van der Waals surface area (Å²) in [4.78, 5) is 0. The molecule has 0 saturated heterocycles. The average molecular weight is 597 g/mol. The highest BCUT2D eigenvalue weighted by atomic mass is 31.2. The van der Waals surface area contributed by atoms with Crippen molar-refractivity contribution in [3.63, 3.8) is 0 Å². The van der Waals surface area contributed by atoms with Crippen LogP contribution in [0.5, 0.6) is 0 Å². The van der Waals surface area contributed by atoms with E-state index in [1.165, 1.54) is 0 Å². The third-order valence-electron chi connectivity index (χ3n) is 8.59. The Kier molecular flexibility index (Phi) is 7.47. The summed E-state index contributed by atoms with van der Waals surface area (Å²) in [6.45, 7) is 12.3. The Labute approximate surface area is 254 Å². The second-order valence-electron chi connectivity index (χ2n) is 11.3. The molecule has 212 valence electrons. The van der Waals surface area contributed by atoms with E-state index in [1.54, 1.807) is 18.2 Å². The van der Waals surface area contributed by atoms with Crippen LogP contribution in [-0.4, -0.2) is 0 Å². The predicted octanol–water partition coefficient (Wildman–Crippen LogP) is 8.20. The molecule has 43 heavy (non-hydrogen) atoms. The number of fused-ring (bicyclic) bond motifs is 3. The van der Waals surface area contributed by atoms with Crippen LogP contribution >= 0.6 is 14.3 Å². The van der Waals surface area contributed by atoms with E-state index in [4.69, 9.17) is 0 Å². The average Bonchev–Trinajstić information content (AvgIpc) is 3.29. The molecule has 5 aromatic carbocycles. The standard InChI is InChI=1S/C39H34O2P2/c1-5-16-29(6-2)42(40,30-17-10-7-11-18-30)33-23-25-35-36-26-24-34(28-38(36)39(3,4)37(35)27-33)43(41,31-19-12-8-13-20-31)32-21-14-9-15-22-32/h5-28H,1-2H2,3-4H3/b29-16+. The maximum absolute atomic E-state index is 15.2. The summed E-state index contributed by atoms with van der Waals surface area (Å²) in [5.74, 6) is 0. The molecule has 2 nitrogen and oxygen atoms in total. The maximum Gasteiger partial charge on any atom is 0.171 e. The zero-order valence-corrected chi connectivity index (χ0v) is 26.3. The van der Waals surface area contributed by atoms with E-state index in [2.05, 4.69) is 51.3 Å². The van der Waals surface area contributed by atoms with Crippen LogP contribution in [0.3, 0.4) is 0 Å². The smallest absolute Gasteiger partial charge is 0.171 e. The lowest BCUT2D eigenvalue weighted by Gasteiger charge is -2.26. The maximum atomic E-state index is 15.2. The van der Waals surface area contributed by atoms with Crippen LogP contribution in [0.4, 0.5) is 0 Å². The fraction of sp³-hybridized carbons (Fsp3) is 0.0769. The Morgan fingerprint density at radius 1 is 0.581 bits per heavy atom. The minimum absolute atomic E-state index is 0.410. The van der Waals surface area contributed by atoms with Gasteiger partial charge in [0.05, 0.1) is 0 Å². The third kappa shape index (κ3) is 4.58. The van der Waals surface area contributed by atoms with Crippen LogP contribution < -0.4 is 26.5 Å². The van der Waals surface area contributed by atoms with Crippen molar-refractivity contribution in [2.45, 2.75) is 19.3 Å². The molecule has 0 N–H and O–H groups in total. The molecule has 0 amide bonds. The van der Waals surface area contributed by atoms with E-state index in [0.717, 1.165) is 48.8 Å². The highest BCUT2D eigenvalue weighted by Crippen LogP contribution is 2.55. The first-order chi connectivity index (χ1) is 20.8. The number of allylic oxidation sites excluding steroid dienone is 4. The number of hydrogen-bond donors (Lipinski definition) is 0. The van der Waals surface area contributed by atoms with Crippen molar-refractivity contribution < 1.29 is 9.13 Å². The van der Waals surface area contributed by atoms with Gasteiger partial charge in [0.15, 0.2) is 14.3 Å². The molecule has 4 heteroatoms. The summed E-state index contributed by atoms with van der Waals surface area (Å²) in [6.07, 6.45) is 5.14. The zero-order valence-electron chi connectivity index (χ0n) is 24.5. The molecule has 1 atom stereocenters. The summed E-state index contributed by atoms with van der Waals surface area (Å²) < 4.78 is 30.2. The van der Waals surface area contributed by atoms with Gasteiger partial charge in [-0.25, -0.2) is 0 Å². The molecule has 0 radical (unpaired) electrons. The highest BCUT2D eigenvalue weighted by Gasteiger charge is 2.40. The van der Waals surface area contributed by atoms with Gasteiger partial charge in [-0.1, -0.05) is 160 Å². The van der Waals surface area contributed by atoms with E-state index in [1.807, 2.05) is 103 Å². The van der Waals surface area contributed by atoms with Gasteiger partial charge in [-0.3, -0.25) is 0 Å². The lowest BCUT2D eigenvalue weighted by Crippen LogP contribution is -2.26. The summed E-state index contributed by atoms with van der Waals surface area (Å²) >= 11 is 0. The highest BCUT2D eigenvalue weighted by molar-refractivity contribution is 7.85. The second kappa shape index (κ2) is 11.1. The van der Waals surface area contributed by atoms with Gasteiger partial charge in [-0.05, 0) is 34.4 Å². The first-order valence-electron chi connectivity index (χ1n) is 14.4. The van der Waals surface area contributed by atoms with Gasteiger partial charge < -0.3 is 9.13 Å². The van der Waals surface area contributed by atoms with Crippen molar-refractivity contribution in [2.24, 2.45) is 0 Å². The Morgan fingerprint density at radius 3 is 1.49 bits per heavy atom. The van der Waals surface area contributed by atoms with Crippen LogP contribution in [0.2, 0.25) is 0 Å². The molecule has 0 heterocycles. The minimum atomic E-state index is -3.22. The van der Waals surface area contributed by atoms with Crippen molar-refractivity contribution in [1.29, 1.82) is 0 Å². The van der Waals surface area contributed by atoms with Crippen molar-refractivity contribution in [3.05, 3.63) is 175 Å². The van der Waals surface area contributed by atoms with Gasteiger partial charge in [-0.15, -0.1) is 0 Å². The largest absolute Gasteiger partial charge is 0.309 e. The van der Waals surface area contributed by atoms with E-state index in [0.29, 0.717) is 5.31 Å². The fourth-order valence-electron chi connectivity index (χ4n) is 6.34. The normalized spacial score (nSPS) is 15.2. The quantitative estimate of drug-likeness (QED) is 0.134. The molecular weight excluding hydrogens is 562 g/mol. The van der Waals surface area contributed by atoms with E-state index in [-0.39, 0.29) is 0 Å². The van der Waals surface area contributed by atoms with Crippen molar-refractivity contribution in [2.75, 3.05) is 0 Å². The second-order valence-corrected chi connectivity index (χ2v) is 16.9. The van der Waals surface area contributed by atoms with Gasteiger partial charge in [0.1, 0.15) is 0 Å². The molecule has 1 aliphatic rings. The van der Waals surface area contributed by atoms with Gasteiger partial charge in [0.25, 0.3) is 0 Å². The van der Waals surface area contributed by atoms with Gasteiger partial charge in [0, 0.05) is 37.3 Å². The van der Waals surface area contributed by atoms with Crippen LogP contribution in [0.25, 0.3) is 11.1 Å². The lowest BCUT2D eigenvalue weighted by molar-refractivity contribution is 0.590. The van der Waals surface area contributed by atoms with Crippen LogP contribution in [0.1, 0.15) is 25.0 Å². The summed E-state index contributed by atoms with van der Waals surface area (Å²) in [7, 11) is -6.36. The Morgan fingerprint density at radius 2 is 1.02 bits per heavy atom. The van der Waals surface area contributed by atoms with Crippen molar-refractivity contribution >= 4 is 40.8 Å². The first kappa shape index (κ1) is 28.9. The minimum Gasteiger partial charge on any atom is -0.309 e. The molecule has 0 aliphatic heterocycles. The molecule has 5 aromatic rings. The molecular formula is C39H34O2P2. The van der Waals surface area contributed by atoms with E-state index >= 15 is 9.13 Å². The topological polar surface area (TPSA) is 34.1 Å². The number of hydrogen-bond acceptors (Lipinski definition) is 2. The first-order valence-corrected chi connectivity index (χ1v) is 17.8. The Balaban J connectivity index is 1.53. The Hall–Kier alpha value is -4.22. The molecule has 0 aromatic heterocycles. The zero-order chi connectivity index (χ0) is 30.2. The Bertz CT molecular complexity index is 1930. The molecule has 0 spiro atoms. The molecule has 0 bridgehead atoms. The number of rotatable bonds is 8. The van der Waals surface area contributed by atoms with Gasteiger partial charge in [0.2, 0.25) is 0 Å². The third-order valence-corrected chi connectivity index (χ3v) is 14.7. The van der Waals surface area contributed by atoms with E-state index < -0.39 is 19.7 Å². The summed E-state index contributed by atoms with van der Waals surface area (Å²) in [5, 5.41) is 4.59. The summed E-state index contributed by atoms with van der Waals surface area (Å²) in [5.41, 5.74) is 4.03. The SMILES string of the molecule is C=C/C=C(\C=C)P(=O)(c1ccccc1)c1ccc2c(c1)C(C)(C)c1cc(P(=O)(c3ccccc3)c3ccccc3)ccc1-2. The molecule has 0 saturated carbocycles. The van der Waals surface area contributed by atoms with Crippen LogP contribution in [0.15, 0.2) is 164 Å². The van der Waals surface area contributed by atoms with Gasteiger partial charge in [-0.2, -0.15) is 0 Å². The molecule has 1 unspecified atom stereocenters. The molecule has 0 fully saturated rings. The van der Waals surface area contributed by atoms with Crippen LogP contribution in [0, 0.1) is 0 Å². The number of benzene rings is 5. The lowest BCUT2D eigenvalue weighted by atomic mass is 9.82. The van der Waals surface area contributed by atoms with Gasteiger partial charge >= 0.3 is 0 Å². The predicted molar refractivity (Wildman–Crippen MR) is 185 cm³/mol. The van der Waals surface area contributed by atoms with E-state index in [9.17, 15) is 0 Å². The fourth-order valence-corrected chi connectivity index (χ4v) is 11.7. The molecule has 1 aliphatic carbocycles. The molecule has 6 rings (SSSR count). The monoisotopic (exact) mass is 596 g/mol. The van der Waals surface area contributed by atoms with Crippen molar-refractivity contribution in [3.8, 4) is 11.1 Å². The van der Waals surface area contributed by atoms with Crippen LogP contribution in [-0.2, 0) is 14.5 Å². The summed E-state index contributed by atoms with van der Waals surface area (Å²) in [6, 6.07) is 41.6.